The van der Waals surface area contributed by atoms with Crippen molar-refractivity contribution < 1.29 is 24.1 Å². The normalized spacial score (nSPS) is 13.6. The molecule has 3 aromatic carbocycles. The summed E-state index contributed by atoms with van der Waals surface area (Å²) in [5.41, 5.74) is 2.88. The van der Waals surface area contributed by atoms with Gasteiger partial charge in [0.25, 0.3) is 0 Å². The van der Waals surface area contributed by atoms with E-state index in [0.29, 0.717) is 19.6 Å². The van der Waals surface area contributed by atoms with Crippen molar-refractivity contribution in [2.45, 2.75) is 221 Å². The molecule has 0 fully saturated rings. The molecule has 3 rings (SSSR count). The SMILES string of the molecule is CCCCCCCCOc1c(C(C)(C)C)cc(C(O)(c2cc(C(C)(C)C)c(OCCCCCCCC)c(C(C)(C)C)c2)C(CC)N=Cc2cc(F)ccc2O)cc1C(C)(C)C. The number of halogens is 1. The lowest BCUT2D eigenvalue weighted by Gasteiger charge is -2.40. The summed E-state index contributed by atoms with van der Waals surface area (Å²) in [5.74, 6) is 1.25. The Kier molecular flexibility index (Phi) is 19.0. The smallest absolute Gasteiger partial charge is 0.137 e. The van der Waals surface area contributed by atoms with Crippen LogP contribution in [0.2, 0.25) is 0 Å². The monoisotopic (exact) mass is 844 g/mol. The second-order valence-electron chi connectivity index (χ2n) is 21.7. The largest absolute Gasteiger partial charge is 0.507 e. The molecule has 61 heavy (non-hydrogen) atoms. The van der Waals surface area contributed by atoms with Crippen LogP contribution in [0.1, 0.15) is 226 Å². The van der Waals surface area contributed by atoms with Crippen molar-refractivity contribution in [3.63, 3.8) is 0 Å². The number of nitrogens with zero attached hydrogens (tertiary/aromatic N) is 1. The number of benzene rings is 3. The molecule has 2 N–H and O–H groups in total. The quantitative estimate of drug-likeness (QED) is 0.0781. The fourth-order valence-corrected chi connectivity index (χ4v) is 8.21. The summed E-state index contributed by atoms with van der Waals surface area (Å²) >= 11 is 0. The molecule has 0 aliphatic carbocycles. The van der Waals surface area contributed by atoms with Gasteiger partial charge in [-0.2, -0.15) is 0 Å². The molecular formula is C55H86FNO4. The highest BCUT2D eigenvalue weighted by atomic mass is 19.1. The Balaban J connectivity index is 2.43. The summed E-state index contributed by atoms with van der Waals surface area (Å²) in [5, 5.41) is 24.8. The molecule has 0 spiro atoms. The van der Waals surface area contributed by atoms with Gasteiger partial charge >= 0.3 is 0 Å². The van der Waals surface area contributed by atoms with Crippen molar-refractivity contribution in [3.05, 3.63) is 87.2 Å². The maximum absolute atomic E-state index is 14.5. The van der Waals surface area contributed by atoms with Crippen LogP contribution in [-0.2, 0) is 27.3 Å². The molecule has 0 saturated heterocycles. The topological polar surface area (TPSA) is 71.3 Å². The van der Waals surface area contributed by atoms with Gasteiger partial charge in [-0.25, -0.2) is 4.39 Å². The van der Waals surface area contributed by atoms with Crippen molar-refractivity contribution >= 4 is 6.21 Å². The number of aromatic hydroxyl groups is 1. The van der Waals surface area contributed by atoms with Crippen molar-refractivity contribution in [2.75, 3.05) is 13.2 Å². The van der Waals surface area contributed by atoms with Crippen LogP contribution < -0.4 is 9.47 Å². The number of hydrogen-bond acceptors (Lipinski definition) is 5. The molecule has 0 heterocycles. The van der Waals surface area contributed by atoms with Gasteiger partial charge in [0.1, 0.15) is 28.7 Å². The zero-order valence-electron chi connectivity index (χ0n) is 41.3. The van der Waals surface area contributed by atoms with Crippen molar-refractivity contribution in [1.82, 2.24) is 0 Å². The molecule has 0 radical (unpaired) electrons. The number of hydrogen-bond donors (Lipinski definition) is 2. The third kappa shape index (κ3) is 14.3. The van der Waals surface area contributed by atoms with Gasteiger partial charge < -0.3 is 19.7 Å². The molecule has 0 bridgehead atoms. The van der Waals surface area contributed by atoms with Crippen LogP contribution in [0, 0.1) is 5.82 Å². The number of rotatable bonds is 22. The lowest BCUT2D eigenvalue weighted by molar-refractivity contribution is 0.0507. The zero-order chi connectivity index (χ0) is 45.8. The standard InChI is InChI=1S/C55H86FNO4/c1-16-19-21-23-25-27-31-60-49-43(51(4,5)6)34-40(35-44(49)52(7,8)9)55(59,48(18-3)57-38-39-33-42(56)29-30-47(39)58)41-36-45(53(10,11)12)50(46(37-41)54(13,14)15)61-32-28-26-24-22-20-17-2/h29-30,33-38,48,58-59H,16-28,31-32H2,1-15H3. The number of ether oxygens (including phenoxy) is 2. The summed E-state index contributed by atoms with van der Waals surface area (Å²) in [6.07, 6.45) is 16.1. The lowest BCUT2D eigenvalue weighted by Crippen LogP contribution is -2.41. The van der Waals surface area contributed by atoms with E-state index < -0.39 is 17.5 Å². The van der Waals surface area contributed by atoms with Gasteiger partial charge in [0.15, 0.2) is 0 Å². The summed E-state index contributed by atoms with van der Waals surface area (Å²) in [6.45, 7) is 34.3. The van der Waals surface area contributed by atoms with Crippen molar-refractivity contribution in [1.29, 1.82) is 0 Å². The van der Waals surface area contributed by atoms with Crippen LogP contribution in [0.15, 0.2) is 47.5 Å². The van der Waals surface area contributed by atoms with Crippen LogP contribution in [0.5, 0.6) is 17.2 Å². The van der Waals surface area contributed by atoms with Crippen LogP contribution in [0.25, 0.3) is 0 Å². The molecule has 1 unspecified atom stereocenters. The van der Waals surface area contributed by atoms with Crippen LogP contribution in [-0.4, -0.2) is 35.7 Å². The molecule has 5 nitrogen and oxygen atoms in total. The molecule has 0 aliphatic heterocycles. The Morgan fingerprint density at radius 2 is 0.918 bits per heavy atom. The van der Waals surface area contributed by atoms with Crippen LogP contribution in [0.3, 0.4) is 0 Å². The minimum absolute atomic E-state index is 0.0719. The fourth-order valence-electron chi connectivity index (χ4n) is 8.21. The van der Waals surface area contributed by atoms with E-state index in [1.165, 1.54) is 75.8 Å². The Hall–Kier alpha value is -3.38. The Labute approximate surface area is 372 Å². The maximum Gasteiger partial charge on any atom is 0.137 e. The van der Waals surface area contributed by atoms with Gasteiger partial charge in [-0.3, -0.25) is 4.99 Å². The van der Waals surface area contributed by atoms with Gasteiger partial charge in [-0.05, 0) is 94.5 Å². The number of phenols is 1. The van der Waals surface area contributed by atoms with Gasteiger partial charge in [0.2, 0.25) is 0 Å². The van der Waals surface area contributed by atoms with E-state index in [1.807, 2.05) is 6.92 Å². The molecule has 3 aromatic rings. The lowest BCUT2D eigenvalue weighted by atomic mass is 9.70. The Morgan fingerprint density at radius 1 is 0.557 bits per heavy atom. The molecule has 342 valence electrons. The minimum Gasteiger partial charge on any atom is -0.507 e. The highest BCUT2D eigenvalue weighted by Crippen LogP contribution is 2.49. The molecule has 0 amide bonds. The average molecular weight is 844 g/mol. The first-order chi connectivity index (χ1) is 28.4. The minimum atomic E-state index is -1.66. The number of unbranched alkanes of at least 4 members (excludes halogenated alkanes) is 10. The van der Waals surface area contributed by atoms with Crippen LogP contribution >= 0.6 is 0 Å². The van der Waals surface area contributed by atoms with E-state index in [9.17, 15) is 14.6 Å². The number of phenolic OH excluding ortho intramolecular Hbond substituents is 1. The van der Waals surface area contributed by atoms with E-state index in [1.54, 1.807) is 0 Å². The summed E-state index contributed by atoms with van der Waals surface area (Å²) in [6, 6.07) is 11.7. The molecule has 1 atom stereocenters. The van der Waals surface area contributed by atoms with E-state index in [0.717, 1.165) is 70.6 Å². The summed E-state index contributed by atoms with van der Waals surface area (Å²) in [4.78, 5) is 5.07. The first kappa shape index (κ1) is 52.0. The van der Waals surface area contributed by atoms with Crippen molar-refractivity contribution in [3.8, 4) is 17.2 Å². The predicted molar refractivity (Wildman–Crippen MR) is 258 cm³/mol. The predicted octanol–water partition coefficient (Wildman–Crippen LogP) is 15.3. The molecule has 0 aliphatic rings. The average Bonchev–Trinajstić information content (AvgIpc) is 3.16. The second-order valence-corrected chi connectivity index (χ2v) is 21.7. The van der Waals surface area contributed by atoms with E-state index >= 15 is 0 Å². The highest BCUT2D eigenvalue weighted by molar-refractivity contribution is 5.83. The second kappa shape index (κ2) is 22.3. The molecule has 0 aromatic heterocycles. The molecular weight excluding hydrogens is 758 g/mol. The number of aliphatic imine (C=N–C) groups is 1. The van der Waals surface area contributed by atoms with Gasteiger partial charge in [-0.1, -0.05) is 168 Å². The third-order valence-electron chi connectivity index (χ3n) is 12.0. The van der Waals surface area contributed by atoms with Gasteiger partial charge in [0.05, 0.1) is 19.3 Å². The van der Waals surface area contributed by atoms with Crippen molar-refractivity contribution in [2.24, 2.45) is 4.99 Å². The third-order valence-corrected chi connectivity index (χ3v) is 12.0. The zero-order valence-corrected chi connectivity index (χ0v) is 41.3. The summed E-state index contributed by atoms with van der Waals surface area (Å²) < 4.78 is 28.2. The van der Waals surface area contributed by atoms with Gasteiger partial charge in [0, 0.05) is 34.0 Å². The first-order valence-corrected chi connectivity index (χ1v) is 23.8. The Bertz CT molecular complexity index is 1680. The number of aliphatic hydroxyl groups is 1. The fraction of sp³-hybridized carbons (Fsp3) is 0.655. The van der Waals surface area contributed by atoms with E-state index in [4.69, 9.17) is 14.5 Å². The van der Waals surface area contributed by atoms with Gasteiger partial charge in [-0.15, -0.1) is 0 Å². The van der Waals surface area contributed by atoms with E-state index in [-0.39, 0.29) is 33.0 Å². The highest BCUT2D eigenvalue weighted by Gasteiger charge is 2.44. The molecule has 0 saturated carbocycles. The Morgan fingerprint density at radius 3 is 1.26 bits per heavy atom. The summed E-state index contributed by atoms with van der Waals surface area (Å²) in [7, 11) is 0. The van der Waals surface area contributed by atoms with Crippen LogP contribution in [0.4, 0.5) is 4.39 Å². The maximum atomic E-state index is 14.5. The molecule has 6 heteroatoms. The first-order valence-electron chi connectivity index (χ1n) is 23.8. The van der Waals surface area contributed by atoms with E-state index in [2.05, 4.69) is 121 Å².